The first-order chi connectivity index (χ1) is 7.86. The van der Waals surface area contributed by atoms with Gasteiger partial charge in [-0.15, -0.1) is 11.3 Å². The van der Waals surface area contributed by atoms with Crippen molar-refractivity contribution in [1.29, 1.82) is 0 Å². The van der Waals surface area contributed by atoms with Crippen LogP contribution in [0.5, 0.6) is 0 Å². The fourth-order valence-electron chi connectivity index (χ4n) is 1.88. The van der Waals surface area contributed by atoms with Crippen LogP contribution >= 0.6 is 11.3 Å². The quantitative estimate of drug-likeness (QED) is 0.671. The number of hydrogen-bond donors (Lipinski definition) is 1. The monoisotopic (exact) mass is 241 g/mol. The molecule has 0 aliphatic heterocycles. The minimum Gasteiger partial charge on any atom is -0.383 e. The molecular weight excluding hydrogens is 218 g/mol. The third-order valence-electron chi connectivity index (χ3n) is 2.68. The first-order valence-electron chi connectivity index (χ1n) is 6.08. The molecule has 0 aliphatic rings. The maximum Gasteiger partial charge on any atom is 0.0587 e. The van der Waals surface area contributed by atoms with E-state index in [1.807, 2.05) is 11.3 Å². The van der Waals surface area contributed by atoms with E-state index in [9.17, 15) is 0 Å². The number of hydrogen-bond acceptors (Lipinski definition) is 3. The van der Waals surface area contributed by atoms with Crippen LogP contribution in [0.3, 0.4) is 0 Å². The molecule has 0 spiro atoms. The maximum atomic E-state index is 5.03. The molecule has 0 radical (unpaired) electrons. The molecule has 0 fully saturated rings. The molecule has 3 heteroatoms. The molecule has 0 saturated heterocycles. The Hall–Kier alpha value is -0.380. The van der Waals surface area contributed by atoms with Crippen molar-refractivity contribution in [3.05, 3.63) is 22.4 Å². The van der Waals surface area contributed by atoms with Gasteiger partial charge in [0, 0.05) is 18.5 Å². The largest absolute Gasteiger partial charge is 0.383 e. The van der Waals surface area contributed by atoms with E-state index in [1.54, 1.807) is 7.11 Å². The van der Waals surface area contributed by atoms with Crippen molar-refractivity contribution in [2.45, 2.75) is 26.2 Å². The fraction of sp³-hybridized carbons (Fsp3) is 0.692. The van der Waals surface area contributed by atoms with E-state index >= 15 is 0 Å². The molecular formula is C13H23NOS. The summed E-state index contributed by atoms with van der Waals surface area (Å²) in [5.41, 5.74) is 0. The summed E-state index contributed by atoms with van der Waals surface area (Å²) in [5.74, 6) is 0.764. The lowest BCUT2D eigenvalue weighted by atomic mass is 9.99. The van der Waals surface area contributed by atoms with Crippen molar-refractivity contribution in [3.8, 4) is 0 Å². The number of nitrogens with one attached hydrogen (secondary N) is 1. The summed E-state index contributed by atoms with van der Waals surface area (Å²) in [4.78, 5) is 1.51. The summed E-state index contributed by atoms with van der Waals surface area (Å²) in [6.45, 7) is 5.13. The van der Waals surface area contributed by atoms with Gasteiger partial charge < -0.3 is 10.1 Å². The summed E-state index contributed by atoms with van der Waals surface area (Å²) < 4.78 is 5.03. The van der Waals surface area contributed by atoms with Gasteiger partial charge in [-0.1, -0.05) is 19.4 Å². The Morgan fingerprint density at radius 2 is 2.38 bits per heavy atom. The van der Waals surface area contributed by atoms with E-state index in [2.05, 4.69) is 29.8 Å². The van der Waals surface area contributed by atoms with Crippen LogP contribution < -0.4 is 5.32 Å². The third kappa shape index (κ3) is 5.64. The average Bonchev–Trinajstić information content (AvgIpc) is 2.77. The molecule has 1 N–H and O–H groups in total. The highest BCUT2D eigenvalue weighted by atomic mass is 32.1. The van der Waals surface area contributed by atoms with Crippen molar-refractivity contribution >= 4 is 11.3 Å². The number of ether oxygens (including phenoxy) is 1. The predicted octanol–water partition coefficient (Wildman–Crippen LogP) is 2.94. The number of thiophene rings is 1. The molecule has 0 amide bonds. The lowest BCUT2D eigenvalue weighted by molar-refractivity contribution is 0.197. The lowest BCUT2D eigenvalue weighted by Crippen LogP contribution is -2.27. The van der Waals surface area contributed by atoms with Crippen LogP contribution in [0, 0.1) is 5.92 Å². The molecule has 1 atom stereocenters. The topological polar surface area (TPSA) is 21.3 Å². The second-order valence-electron chi connectivity index (χ2n) is 4.14. The molecule has 1 aromatic rings. The van der Waals surface area contributed by atoms with Crippen molar-refractivity contribution in [3.63, 3.8) is 0 Å². The van der Waals surface area contributed by atoms with E-state index in [0.717, 1.165) is 25.6 Å². The SMILES string of the molecule is CCCC(CNCCOC)Cc1cccs1. The highest BCUT2D eigenvalue weighted by Gasteiger charge is 2.08. The number of methoxy groups -OCH3 is 1. The summed E-state index contributed by atoms with van der Waals surface area (Å²) in [7, 11) is 1.75. The smallest absolute Gasteiger partial charge is 0.0587 e. The van der Waals surface area contributed by atoms with E-state index < -0.39 is 0 Å². The minimum absolute atomic E-state index is 0.764. The van der Waals surface area contributed by atoms with Gasteiger partial charge in [-0.25, -0.2) is 0 Å². The second kappa shape index (κ2) is 8.74. The van der Waals surface area contributed by atoms with Gasteiger partial charge in [-0.2, -0.15) is 0 Å². The van der Waals surface area contributed by atoms with Crippen molar-refractivity contribution < 1.29 is 4.74 Å². The van der Waals surface area contributed by atoms with Gasteiger partial charge in [0.1, 0.15) is 0 Å². The van der Waals surface area contributed by atoms with E-state index in [-0.39, 0.29) is 0 Å². The van der Waals surface area contributed by atoms with Crippen LogP contribution in [0.15, 0.2) is 17.5 Å². The van der Waals surface area contributed by atoms with E-state index in [0.29, 0.717) is 0 Å². The summed E-state index contributed by atoms with van der Waals surface area (Å²) in [6, 6.07) is 4.38. The molecule has 92 valence electrons. The van der Waals surface area contributed by atoms with Gasteiger partial charge in [0.25, 0.3) is 0 Å². The van der Waals surface area contributed by atoms with Crippen LogP contribution in [0.2, 0.25) is 0 Å². The molecule has 0 aliphatic carbocycles. The Labute approximate surface area is 103 Å². The van der Waals surface area contributed by atoms with Gasteiger partial charge in [0.2, 0.25) is 0 Å². The lowest BCUT2D eigenvalue weighted by Gasteiger charge is -2.16. The normalized spacial score (nSPS) is 12.9. The summed E-state index contributed by atoms with van der Waals surface area (Å²) in [6.07, 6.45) is 3.78. The van der Waals surface area contributed by atoms with Crippen LogP contribution in [0.1, 0.15) is 24.6 Å². The Bertz CT molecular complexity index is 248. The molecule has 0 saturated carbocycles. The zero-order valence-electron chi connectivity index (χ0n) is 10.4. The Kier molecular flexibility index (Phi) is 7.47. The first kappa shape index (κ1) is 13.7. The maximum absolute atomic E-state index is 5.03. The van der Waals surface area contributed by atoms with Gasteiger partial charge in [-0.3, -0.25) is 0 Å². The highest BCUT2D eigenvalue weighted by molar-refractivity contribution is 7.09. The zero-order chi connectivity index (χ0) is 11.6. The standard InChI is InChI=1S/C13H23NOS/c1-3-5-12(11-14-7-8-15-2)10-13-6-4-9-16-13/h4,6,9,12,14H,3,5,7-8,10-11H2,1-2H3. The summed E-state index contributed by atoms with van der Waals surface area (Å²) >= 11 is 1.87. The Morgan fingerprint density at radius 3 is 3.00 bits per heavy atom. The molecule has 0 aromatic carbocycles. The molecule has 1 aromatic heterocycles. The molecule has 16 heavy (non-hydrogen) atoms. The van der Waals surface area contributed by atoms with Gasteiger partial charge in [-0.05, 0) is 36.8 Å². The van der Waals surface area contributed by atoms with Crippen LogP contribution in [-0.2, 0) is 11.2 Å². The Morgan fingerprint density at radius 1 is 1.50 bits per heavy atom. The van der Waals surface area contributed by atoms with Crippen LogP contribution in [0.4, 0.5) is 0 Å². The summed E-state index contributed by atoms with van der Waals surface area (Å²) in [5, 5.41) is 5.63. The molecule has 1 rings (SSSR count). The molecule has 1 unspecified atom stereocenters. The van der Waals surface area contributed by atoms with Crippen LogP contribution in [0.25, 0.3) is 0 Å². The number of rotatable bonds is 9. The fourth-order valence-corrected chi connectivity index (χ4v) is 2.70. The van der Waals surface area contributed by atoms with E-state index in [1.165, 1.54) is 24.1 Å². The zero-order valence-corrected chi connectivity index (χ0v) is 11.2. The van der Waals surface area contributed by atoms with Gasteiger partial charge in [0.15, 0.2) is 0 Å². The molecule has 0 bridgehead atoms. The molecule has 2 nitrogen and oxygen atoms in total. The average molecular weight is 241 g/mol. The van der Waals surface area contributed by atoms with Crippen molar-refractivity contribution in [2.75, 3.05) is 26.8 Å². The van der Waals surface area contributed by atoms with E-state index in [4.69, 9.17) is 4.74 Å². The van der Waals surface area contributed by atoms with Crippen LogP contribution in [-0.4, -0.2) is 26.8 Å². The third-order valence-corrected chi connectivity index (χ3v) is 3.58. The first-order valence-corrected chi connectivity index (χ1v) is 6.96. The minimum atomic E-state index is 0.764. The van der Waals surface area contributed by atoms with Crippen molar-refractivity contribution in [1.82, 2.24) is 5.32 Å². The second-order valence-corrected chi connectivity index (χ2v) is 5.17. The predicted molar refractivity (Wildman–Crippen MR) is 71.2 cm³/mol. The highest BCUT2D eigenvalue weighted by Crippen LogP contribution is 2.17. The Balaban J connectivity index is 2.24. The van der Waals surface area contributed by atoms with Gasteiger partial charge in [0.05, 0.1) is 6.61 Å². The molecule has 1 heterocycles. The van der Waals surface area contributed by atoms with Gasteiger partial charge >= 0.3 is 0 Å². The van der Waals surface area contributed by atoms with Crippen molar-refractivity contribution in [2.24, 2.45) is 5.92 Å².